The van der Waals surface area contributed by atoms with Crippen molar-refractivity contribution >= 4 is 15.7 Å². The SMILES string of the molecule is C=C(C)C1C=C(c2ccccc2)N(S(=O)(=O)c2ccc(C)cc2)C1. The largest absolute Gasteiger partial charge is 0.265 e. The topological polar surface area (TPSA) is 37.4 Å². The van der Waals surface area contributed by atoms with Gasteiger partial charge in [-0.3, -0.25) is 4.31 Å². The molecule has 1 heterocycles. The van der Waals surface area contributed by atoms with Crippen LogP contribution in [0.2, 0.25) is 0 Å². The second-order valence-electron chi connectivity index (χ2n) is 6.22. The number of rotatable bonds is 4. The third-order valence-corrected chi connectivity index (χ3v) is 6.10. The molecule has 3 rings (SSSR count). The van der Waals surface area contributed by atoms with Crippen LogP contribution in [0, 0.1) is 12.8 Å². The molecule has 0 aliphatic carbocycles. The minimum Gasteiger partial charge on any atom is -0.265 e. The first kappa shape index (κ1) is 16.5. The van der Waals surface area contributed by atoms with Gasteiger partial charge in [0.25, 0.3) is 10.0 Å². The van der Waals surface area contributed by atoms with Gasteiger partial charge in [0, 0.05) is 12.5 Å². The van der Waals surface area contributed by atoms with E-state index in [1.807, 2.05) is 62.4 Å². The number of hydrogen-bond donors (Lipinski definition) is 0. The Kier molecular flexibility index (Phi) is 4.33. The molecule has 0 bridgehead atoms. The highest BCUT2D eigenvalue weighted by Gasteiger charge is 2.34. The maximum Gasteiger partial charge on any atom is 0.264 e. The smallest absolute Gasteiger partial charge is 0.264 e. The minimum absolute atomic E-state index is 0.0282. The molecule has 0 radical (unpaired) electrons. The molecule has 2 aromatic carbocycles. The molecule has 0 aromatic heterocycles. The molecule has 4 heteroatoms. The van der Waals surface area contributed by atoms with E-state index in [0.717, 1.165) is 22.4 Å². The van der Waals surface area contributed by atoms with Crippen LogP contribution in [-0.4, -0.2) is 19.3 Å². The van der Waals surface area contributed by atoms with Gasteiger partial charge in [-0.2, -0.15) is 0 Å². The molecule has 0 N–H and O–H groups in total. The van der Waals surface area contributed by atoms with Crippen molar-refractivity contribution in [1.82, 2.24) is 4.31 Å². The highest BCUT2D eigenvalue weighted by molar-refractivity contribution is 7.89. The van der Waals surface area contributed by atoms with Crippen LogP contribution in [0.25, 0.3) is 5.70 Å². The molecule has 0 saturated carbocycles. The van der Waals surface area contributed by atoms with Crippen LogP contribution in [0.1, 0.15) is 18.1 Å². The summed E-state index contributed by atoms with van der Waals surface area (Å²) in [5.41, 5.74) is 3.63. The fraction of sp³-hybridized carbons (Fsp3) is 0.200. The summed E-state index contributed by atoms with van der Waals surface area (Å²) in [6.45, 7) is 8.28. The molecule has 0 fully saturated rings. The van der Waals surface area contributed by atoms with E-state index in [2.05, 4.69) is 6.58 Å². The lowest BCUT2D eigenvalue weighted by Crippen LogP contribution is -2.29. The van der Waals surface area contributed by atoms with Crippen LogP contribution < -0.4 is 0 Å². The number of nitrogens with zero attached hydrogens (tertiary/aromatic N) is 1. The lowest BCUT2D eigenvalue weighted by Gasteiger charge is -2.23. The molecule has 1 unspecified atom stereocenters. The molecule has 1 atom stereocenters. The van der Waals surface area contributed by atoms with Crippen LogP contribution in [0.4, 0.5) is 0 Å². The van der Waals surface area contributed by atoms with E-state index in [1.54, 1.807) is 12.1 Å². The van der Waals surface area contributed by atoms with Crippen molar-refractivity contribution in [2.45, 2.75) is 18.7 Å². The number of benzene rings is 2. The monoisotopic (exact) mass is 339 g/mol. The summed E-state index contributed by atoms with van der Waals surface area (Å²) in [5.74, 6) is 0.0282. The number of hydrogen-bond acceptors (Lipinski definition) is 2. The summed E-state index contributed by atoms with van der Waals surface area (Å²) in [4.78, 5) is 0.317. The summed E-state index contributed by atoms with van der Waals surface area (Å²) >= 11 is 0. The van der Waals surface area contributed by atoms with E-state index < -0.39 is 10.0 Å². The van der Waals surface area contributed by atoms with Crippen LogP contribution in [-0.2, 0) is 10.0 Å². The molecular weight excluding hydrogens is 318 g/mol. The standard InChI is InChI=1S/C20H21NO2S/c1-15(2)18-13-20(17-7-5-4-6-8-17)21(14-18)24(22,23)19-11-9-16(3)10-12-19/h4-13,18H,1,14H2,2-3H3. The van der Waals surface area contributed by atoms with Crippen LogP contribution in [0.3, 0.4) is 0 Å². The number of sulfonamides is 1. The van der Waals surface area contributed by atoms with E-state index in [1.165, 1.54) is 4.31 Å². The van der Waals surface area contributed by atoms with Gasteiger partial charge < -0.3 is 0 Å². The summed E-state index contributed by atoms with van der Waals surface area (Å²) in [5, 5.41) is 0. The molecule has 3 nitrogen and oxygen atoms in total. The average Bonchev–Trinajstić information content (AvgIpc) is 3.02. The Morgan fingerprint density at radius 3 is 2.29 bits per heavy atom. The first-order valence-corrected chi connectivity index (χ1v) is 9.35. The van der Waals surface area contributed by atoms with E-state index in [0.29, 0.717) is 11.4 Å². The molecular formula is C20H21NO2S. The molecule has 24 heavy (non-hydrogen) atoms. The Labute approximate surface area is 144 Å². The normalized spacial score (nSPS) is 17.7. The summed E-state index contributed by atoms with van der Waals surface area (Å²) < 4.78 is 27.8. The first-order valence-electron chi connectivity index (χ1n) is 7.91. The minimum atomic E-state index is -3.60. The highest BCUT2D eigenvalue weighted by Crippen LogP contribution is 2.36. The molecule has 0 saturated heterocycles. The Hall–Kier alpha value is -2.33. The second kappa shape index (κ2) is 6.29. The van der Waals surface area contributed by atoms with Crippen molar-refractivity contribution in [2.75, 3.05) is 6.54 Å². The van der Waals surface area contributed by atoms with E-state index in [9.17, 15) is 8.42 Å². The average molecular weight is 339 g/mol. The van der Waals surface area contributed by atoms with Crippen molar-refractivity contribution in [1.29, 1.82) is 0 Å². The van der Waals surface area contributed by atoms with Gasteiger partial charge in [0.1, 0.15) is 0 Å². The van der Waals surface area contributed by atoms with E-state index >= 15 is 0 Å². The maximum atomic E-state index is 13.2. The van der Waals surface area contributed by atoms with Crippen molar-refractivity contribution in [3.05, 3.63) is 84.0 Å². The van der Waals surface area contributed by atoms with E-state index in [4.69, 9.17) is 0 Å². The fourth-order valence-corrected chi connectivity index (χ4v) is 4.33. The third-order valence-electron chi connectivity index (χ3n) is 4.30. The van der Waals surface area contributed by atoms with Gasteiger partial charge in [-0.25, -0.2) is 8.42 Å². The van der Waals surface area contributed by atoms with Gasteiger partial charge >= 0.3 is 0 Å². The van der Waals surface area contributed by atoms with Gasteiger partial charge in [-0.1, -0.05) is 66.3 Å². The summed E-state index contributed by atoms with van der Waals surface area (Å²) in [6.07, 6.45) is 2.00. The lowest BCUT2D eigenvalue weighted by atomic mass is 10.0. The predicted molar refractivity (Wildman–Crippen MR) is 97.8 cm³/mol. The zero-order valence-corrected chi connectivity index (χ0v) is 14.8. The molecule has 2 aromatic rings. The van der Waals surface area contributed by atoms with Crippen molar-refractivity contribution in [3.63, 3.8) is 0 Å². The van der Waals surface area contributed by atoms with Crippen molar-refractivity contribution in [3.8, 4) is 0 Å². The Morgan fingerprint density at radius 2 is 1.71 bits per heavy atom. The predicted octanol–water partition coefficient (Wildman–Crippen LogP) is 4.23. The quantitative estimate of drug-likeness (QED) is 0.782. The van der Waals surface area contributed by atoms with Crippen LogP contribution in [0.15, 0.2) is 77.7 Å². The zero-order valence-electron chi connectivity index (χ0n) is 13.9. The van der Waals surface area contributed by atoms with Gasteiger partial charge in [0.2, 0.25) is 0 Å². The van der Waals surface area contributed by atoms with Crippen molar-refractivity contribution < 1.29 is 8.42 Å². The maximum absolute atomic E-state index is 13.2. The first-order chi connectivity index (χ1) is 11.4. The zero-order chi connectivity index (χ0) is 17.3. The Bertz CT molecular complexity index is 881. The van der Waals surface area contributed by atoms with Gasteiger partial charge in [-0.15, -0.1) is 0 Å². The Balaban J connectivity index is 2.06. The lowest BCUT2D eigenvalue weighted by molar-refractivity contribution is 0.506. The fourth-order valence-electron chi connectivity index (χ4n) is 2.82. The molecule has 1 aliphatic heterocycles. The van der Waals surface area contributed by atoms with Crippen LogP contribution in [0.5, 0.6) is 0 Å². The second-order valence-corrected chi connectivity index (χ2v) is 8.08. The molecule has 124 valence electrons. The third kappa shape index (κ3) is 3.02. The van der Waals surface area contributed by atoms with E-state index in [-0.39, 0.29) is 5.92 Å². The highest BCUT2D eigenvalue weighted by atomic mass is 32.2. The molecule has 0 spiro atoms. The van der Waals surface area contributed by atoms with Crippen LogP contribution >= 0.6 is 0 Å². The molecule has 0 amide bonds. The number of aryl methyl sites for hydroxylation is 1. The summed E-state index contributed by atoms with van der Waals surface area (Å²) in [7, 11) is -3.60. The van der Waals surface area contributed by atoms with Gasteiger partial charge in [0.15, 0.2) is 0 Å². The Morgan fingerprint density at radius 1 is 1.08 bits per heavy atom. The molecule has 1 aliphatic rings. The van der Waals surface area contributed by atoms with Gasteiger partial charge in [0.05, 0.1) is 10.6 Å². The summed E-state index contributed by atoms with van der Waals surface area (Å²) in [6, 6.07) is 16.6. The van der Waals surface area contributed by atoms with Gasteiger partial charge in [-0.05, 0) is 31.5 Å². The van der Waals surface area contributed by atoms with Crippen molar-refractivity contribution in [2.24, 2.45) is 5.92 Å².